The molecule has 1 aromatic rings. The fourth-order valence-electron chi connectivity index (χ4n) is 2.23. The van der Waals surface area contributed by atoms with E-state index in [9.17, 15) is 8.42 Å². The van der Waals surface area contributed by atoms with Crippen LogP contribution in [0.25, 0.3) is 0 Å². The first-order valence-corrected chi connectivity index (χ1v) is 8.21. The van der Waals surface area contributed by atoms with Gasteiger partial charge in [0, 0.05) is 12.2 Å². The van der Waals surface area contributed by atoms with Crippen molar-refractivity contribution >= 4 is 38.9 Å². The molecule has 8 heteroatoms. The third-order valence-corrected chi connectivity index (χ3v) is 6.17. The third kappa shape index (κ3) is 2.76. The minimum absolute atomic E-state index is 0.0253. The summed E-state index contributed by atoms with van der Waals surface area (Å²) >= 11 is 12.1. The minimum atomic E-state index is -3.81. The largest absolute Gasteiger partial charge is 0.399 e. The average Bonchev–Trinajstić information content (AvgIpc) is 2.25. The van der Waals surface area contributed by atoms with Gasteiger partial charge in [-0.25, -0.2) is 8.42 Å². The SMILES string of the molecule is CC1(C)COCCN1S(=O)(=O)c1c(Cl)cc(N)cc1Cl. The Morgan fingerprint density at radius 2 is 1.85 bits per heavy atom. The molecule has 1 aliphatic rings. The van der Waals surface area contributed by atoms with Crippen LogP contribution >= 0.6 is 23.2 Å². The van der Waals surface area contributed by atoms with E-state index in [-0.39, 0.29) is 21.5 Å². The van der Waals surface area contributed by atoms with Crippen molar-refractivity contribution in [1.29, 1.82) is 0 Å². The van der Waals surface area contributed by atoms with Gasteiger partial charge in [0.15, 0.2) is 0 Å². The van der Waals surface area contributed by atoms with E-state index in [2.05, 4.69) is 0 Å². The highest BCUT2D eigenvalue weighted by Crippen LogP contribution is 2.36. The van der Waals surface area contributed by atoms with Crippen molar-refractivity contribution in [3.05, 3.63) is 22.2 Å². The number of anilines is 1. The van der Waals surface area contributed by atoms with Crippen LogP contribution in [0.4, 0.5) is 5.69 Å². The molecule has 2 rings (SSSR count). The molecule has 112 valence electrons. The summed E-state index contributed by atoms with van der Waals surface area (Å²) in [7, 11) is -3.81. The van der Waals surface area contributed by atoms with E-state index in [0.717, 1.165) is 0 Å². The van der Waals surface area contributed by atoms with Crippen LogP contribution in [0.5, 0.6) is 0 Å². The van der Waals surface area contributed by atoms with Gasteiger partial charge in [-0.05, 0) is 26.0 Å². The average molecular weight is 339 g/mol. The zero-order valence-electron chi connectivity index (χ0n) is 11.2. The van der Waals surface area contributed by atoms with Crippen LogP contribution in [0.2, 0.25) is 10.0 Å². The molecule has 0 unspecified atom stereocenters. The molecular formula is C12H16Cl2N2O3S. The van der Waals surface area contributed by atoms with Crippen molar-refractivity contribution in [1.82, 2.24) is 4.31 Å². The van der Waals surface area contributed by atoms with Gasteiger partial charge >= 0.3 is 0 Å². The normalized spacial score (nSPS) is 20.0. The standard InChI is InChI=1S/C12H16Cl2N2O3S/c1-12(2)7-19-4-3-16(12)20(17,18)11-9(13)5-8(15)6-10(11)14/h5-6H,3-4,7,15H2,1-2H3. The van der Waals surface area contributed by atoms with Gasteiger partial charge in [0.05, 0.1) is 28.8 Å². The Bertz CT molecular complexity index is 609. The van der Waals surface area contributed by atoms with Gasteiger partial charge in [0.25, 0.3) is 0 Å². The number of benzene rings is 1. The molecule has 1 aromatic carbocycles. The minimum Gasteiger partial charge on any atom is -0.399 e. The quantitative estimate of drug-likeness (QED) is 0.840. The molecule has 0 spiro atoms. The van der Waals surface area contributed by atoms with E-state index in [0.29, 0.717) is 18.9 Å². The fourth-order valence-corrected chi connectivity index (χ4v) is 5.16. The lowest BCUT2D eigenvalue weighted by Crippen LogP contribution is -2.55. The highest BCUT2D eigenvalue weighted by Gasteiger charge is 2.41. The first-order chi connectivity index (χ1) is 9.16. The third-order valence-electron chi connectivity index (χ3n) is 3.14. The summed E-state index contributed by atoms with van der Waals surface area (Å²) in [5.41, 5.74) is 5.26. The summed E-state index contributed by atoms with van der Waals surface area (Å²) in [6.45, 7) is 4.50. The zero-order chi connectivity index (χ0) is 15.1. The first kappa shape index (κ1) is 15.9. The van der Waals surface area contributed by atoms with Crippen molar-refractivity contribution in [3.63, 3.8) is 0 Å². The van der Waals surface area contributed by atoms with Crippen molar-refractivity contribution in [2.75, 3.05) is 25.5 Å². The highest BCUT2D eigenvalue weighted by molar-refractivity contribution is 7.89. The Labute approximate surface area is 128 Å². The van der Waals surface area contributed by atoms with Crippen LogP contribution in [0, 0.1) is 0 Å². The van der Waals surface area contributed by atoms with E-state index in [1.54, 1.807) is 13.8 Å². The van der Waals surface area contributed by atoms with E-state index in [1.807, 2.05) is 0 Å². The molecule has 0 aromatic heterocycles. The van der Waals surface area contributed by atoms with Crippen LogP contribution < -0.4 is 5.73 Å². The van der Waals surface area contributed by atoms with E-state index >= 15 is 0 Å². The molecule has 0 bridgehead atoms. The van der Waals surface area contributed by atoms with Crippen LogP contribution in [0.1, 0.15) is 13.8 Å². The Hall–Kier alpha value is -0.530. The maximum absolute atomic E-state index is 12.8. The molecule has 1 saturated heterocycles. The zero-order valence-corrected chi connectivity index (χ0v) is 13.5. The van der Waals surface area contributed by atoms with Crippen molar-refractivity contribution in [2.45, 2.75) is 24.3 Å². The topological polar surface area (TPSA) is 72.6 Å². The molecule has 0 aliphatic carbocycles. The summed E-state index contributed by atoms with van der Waals surface area (Å²) < 4.78 is 32.3. The van der Waals surface area contributed by atoms with Gasteiger partial charge < -0.3 is 10.5 Å². The molecule has 0 amide bonds. The lowest BCUT2D eigenvalue weighted by atomic mass is 10.1. The van der Waals surface area contributed by atoms with Gasteiger partial charge in [-0.3, -0.25) is 0 Å². The molecule has 20 heavy (non-hydrogen) atoms. The number of morpholine rings is 1. The lowest BCUT2D eigenvalue weighted by Gasteiger charge is -2.41. The van der Waals surface area contributed by atoms with Gasteiger partial charge in [0.1, 0.15) is 4.90 Å². The molecule has 0 atom stereocenters. The van der Waals surface area contributed by atoms with E-state index in [1.165, 1.54) is 16.4 Å². The number of hydrogen-bond acceptors (Lipinski definition) is 4. The predicted molar refractivity (Wildman–Crippen MR) is 79.7 cm³/mol. The monoisotopic (exact) mass is 338 g/mol. The molecule has 1 heterocycles. The number of ether oxygens (including phenoxy) is 1. The fraction of sp³-hybridized carbons (Fsp3) is 0.500. The lowest BCUT2D eigenvalue weighted by molar-refractivity contribution is -0.00770. The van der Waals surface area contributed by atoms with E-state index < -0.39 is 15.6 Å². The number of nitrogen functional groups attached to an aromatic ring is 1. The Morgan fingerprint density at radius 3 is 2.35 bits per heavy atom. The maximum Gasteiger partial charge on any atom is 0.246 e. The molecule has 0 saturated carbocycles. The van der Waals surface area contributed by atoms with Crippen molar-refractivity contribution in [2.24, 2.45) is 0 Å². The van der Waals surface area contributed by atoms with Gasteiger partial charge in [-0.1, -0.05) is 23.2 Å². The van der Waals surface area contributed by atoms with Crippen LogP contribution in [0.3, 0.4) is 0 Å². The summed E-state index contributed by atoms with van der Waals surface area (Å²) in [6.07, 6.45) is 0. The number of hydrogen-bond donors (Lipinski definition) is 1. The first-order valence-electron chi connectivity index (χ1n) is 6.01. The van der Waals surface area contributed by atoms with Crippen molar-refractivity contribution in [3.8, 4) is 0 Å². The molecule has 1 fully saturated rings. The number of halogens is 2. The second-order valence-corrected chi connectivity index (χ2v) is 7.87. The van der Waals surface area contributed by atoms with Crippen LogP contribution in [-0.4, -0.2) is 38.0 Å². The number of nitrogens with zero attached hydrogens (tertiary/aromatic N) is 1. The Morgan fingerprint density at radius 1 is 1.30 bits per heavy atom. The van der Waals surface area contributed by atoms with E-state index in [4.69, 9.17) is 33.7 Å². The Balaban J connectivity index is 2.56. The second kappa shape index (κ2) is 5.35. The van der Waals surface area contributed by atoms with Gasteiger partial charge in [-0.2, -0.15) is 4.31 Å². The Kier molecular flexibility index (Phi) is 4.24. The number of nitrogens with two attached hydrogens (primary N) is 1. The molecule has 2 N–H and O–H groups in total. The highest BCUT2D eigenvalue weighted by atomic mass is 35.5. The smallest absolute Gasteiger partial charge is 0.246 e. The van der Waals surface area contributed by atoms with Crippen LogP contribution in [-0.2, 0) is 14.8 Å². The summed E-state index contributed by atoms with van der Waals surface area (Å²) in [4.78, 5) is -0.106. The number of rotatable bonds is 2. The number of sulfonamides is 1. The maximum atomic E-state index is 12.8. The van der Waals surface area contributed by atoms with Gasteiger partial charge in [0.2, 0.25) is 10.0 Å². The predicted octanol–water partition coefficient (Wildman–Crippen LogP) is 2.38. The van der Waals surface area contributed by atoms with Crippen molar-refractivity contribution < 1.29 is 13.2 Å². The summed E-state index contributed by atoms with van der Waals surface area (Å²) in [5, 5.41) is 0.0505. The second-order valence-electron chi connectivity index (χ2n) is 5.26. The van der Waals surface area contributed by atoms with Gasteiger partial charge in [-0.15, -0.1) is 0 Å². The molecule has 0 radical (unpaired) electrons. The van der Waals surface area contributed by atoms with Crippen LogP contribution in [0.15, 0.2) is 17.0 Å². The molecule has 5 nitrogen and oxygen atoms in total. The summed E-state index contributed by atoms with van der Waals surface area (Å²) in [6, 6.07) is 2.77. The molecule has 1 aliphatic heterocycles. The summed E-state index contributed by atoms with van der Waals surface area (Å²) in [5.74, 6) is 0. The molecular weight excluding hydrogens is 323 g/mol.